The minimum absolute atomic E-state index is 0.313. The molecule has 0 spiro atoms. The summed E-state index contributed by atoms with van der Waals surface area (Å²) < 4.78 is 45.2. The lowest BCUT2D eigenvalue weighted by Gasteiger charge is -2.16. The highest BCUT2D eigenvalue weighted by Crippen LogP contribution is 2.37. The Bertz CT molecular complexity index is 1010. The Hall–Kier alpha value is -3.21. The Morgan fingerprint density at radius 2 is 1.93 bits per heavy atom. The summed E-state index contributed by atoms with van der Waals surface area (Å²) in [6.45, 7) is 1.18. The first-order valence-corrected chi connectivity index (χ1v) is 9.07. The first kappa shape index (κ1) is 23.1. The summed E-state index contributed by atoms with van der Waals surface area (Å²) in [6.07, 6.45) is -3.85. The second kappa shape index (κ2) is 9.53. The highest BCUT2D eigenvalue weighted by molar-refractivity contribution is 9.10. The van der Waals surface area contributed by atoms with Crippen molar-refractivity contribution in [2.45, 2.75) is 19.2 Å². The molecule has 7 nitrogen and oxygen atoms in total. The molecule has 0 bridgehead atoms. The van der Waals surface area contributed by atoms with Crippen LogP contribution in [0.1, 0.15) is 18.1 Å². The van der Waals surface area contributed by atoms with Gasteiger partial charge in [0.15, 0.2) is 6.10 Å². The number of amides is 1. The van der Waals surface area contributed by atoms with Crippen molar-refractivity contribution >= 4 is 45.3 Å². The third-order valence-corrected chi connectivity index (χ3v) is 4.19. The molecule has 0 fully saturated rings. The van der Waals surface area contributed by atoms with Crippen LogP contribution in [0.2, 0.25) is 0 Å². The van der Waals surface area contributed by atoms with E-state index in [-0.39, 0.29) is 0 Å². The van der Waals surface area contributed by atoms with Crippen molar-refractivity contribution in [2.75, 3.05) is 5.32 Å². The van der Waals surface area contributed by atoms with Gasteiger partial charge in [-0.3, -0.25) is 14.9 Å². The van der Waals surface area contributed by atoms with E-state index in [4.69, 9.17) is 4.74 Å². The molecule has 1 N–H and O–H groups in total. The Morgan fingerprint density at radius 3 is 2.53 bits per heavy atom. The summed E-state index contributed by atoms with van der Waals surface area (Å²) in [5, 5.41) is 12.7. The molecule has 1 amide bonds. The average Bonchev–Trinajstić information content (AvgIpc) is 2.65. The van der Waals surface area contributed by atoms with E-state index in [0.29, 0.717) is 11.6 Å². The highest BCUT2D eigenvalue weighted by atomic mass is 79.9. The number of nitro benzene ring substituents is 1. The number of halogens is 4. The van der Waals surface area contributed by atoms with Gasteiger partial charge in [0.2, 0.25) is 0 Å². The number of non-ortho nitro benzene ring substituents is 1. The van der Waals surface area contributed by atoms with E-state index in [1.165, 1.54) is 13.0 Å². The highest BCUT2D eigenvalue weighted by Gasteiger charge is 2.36. The van der Waals surface area contributed by atoms with Gasteiger partial charge >= 0.3 is 12.1 Å². The van der Waals surface area contributed by atoms with E-state index in [9.17, 15) is 32.9 Å². The van der Waals surface area contributed by atoms with Gasteiger partial charge in [-0.15, -0.1) is 0 Å². The maximum absolute atomic E-state index is 13.2. The van der Waals surface area contributed by atoms with Crippen LogP contribution in [0.3, 0.4) is 0 Å². The predicted octanol–water partition coefficient (Wildman–Crippen LogP) is 4.96. The van der Waals surface area contributed by atoms with Crippen molar-refractivity contribution in [3.8, 4) is 0 Å². The third-order valence-electron chi connectivity index (χ3n) is 3.70. The van der Waals surface area contributed by atoms with Gasteiger partial charge in [-0.05, 0) is 36.8 Å². The van der Waals surface area contributed by atoms with Crippen molar-refractivity contribution in [2.24, 2.45) is 0 Å². The molecule has 1 unspecified atom stereocenters. The molecule has 0 aliphatic carbocycles. The number of nitro groups is 1. The van der Waals surface area contributed by atoms with Crippen LogP contribution in [0.4, 0.5) is 24.5 Å². The number of alkyl halides is 3. The van der Waals surface area contributed by atoms with Crippen molar-refractivity contribution in [3.05, 3.63) is 74.3 Å². The number of hydrogen-bond donors (Lipinski definition) is 1. The van der Waals surface area contributed by atoms with Gasteiger partial charge in [0.1, 0.15) is 0 Å². The average molecular weight is 487 g/mol. The monoisotopic (exact) mass is 486 g/mol. The van der Waals surface area contributed by atoms with Crippen molar-refractivity contribution in [1.29, 1.82) is 0 Å². The van der Waals surface area contributed by atoms with Crippen LogP contribution < -0.4 is 5.32 Å². The van der Waals surface area contributed by atoms with E-state index in [2.05, 4.69) is 15.9 Å². The van der Waals surface area contributed by atoms with Crippen molar-refractivity contribution in [3.63, 3.8) is 0 Å². The molecular formula is C19H14BrF3N2O5. The Morgan fingerprint density at radius 1 is 1.23 bits per heavy atom. The fourth-order valence-corrected chi connectivity index (χ4v) is 2.68. The zero-order valence-electron chi connectivity index (χ0n) is 15.3. The van der Waals surface area contributed by atoms with Gasteiger partial charge in [-0.25, -0.2) is 4.79 Å². The zero-order chi connectivity index (χ0) is 22.5. The number of carbonyl (C=O) groups is 2. The summed E-state index contributed by atoms with van der Waals surface area (Å²) in [6, 6.07) is 8.88. The van der Waals surface area contributed by atoms with E-state index in [1.807, 2.05) is 5.32 Å². The first-order chi connectivity index (χ1) is 14.0. The quantitative estimate of drug-likeness (QED) is 0.269. The Balaban J connectivity index is 2.08. The van der Waals surface area contributed by atoms with Crippen LogP contribution in [0.5, 0.6) is 0 Å². The van der Waals surface area contributed by atoms with Gasteiger partial charge in [-0.1, -0.05) is 28.1 Å². The van der Waals surface area contributed by atoms with Crippen LogP contribution in [0.25, 0.3) is 6.08 Å². The Kier molecular flexibility index (Phi) is 7.33. The summed E-state index contributed by atoms with van der Waals surface area (Å²) in [7, 11) is 0. The third kappa shape index (κ3) is 6.41. The molecule has 0 aliphatic heterocycles. The van der Waals surface area contributed by atoms with Gasteiger partial charge < -0.3 is 10.1 Å². The molecule has 0 saturated heterocycles. The molecule has 158 valence electrons. The molecule has 0 aromatic heterocycles. The van der Waals surface area contributed by atoms with Gasteiger partial charge in [-0.2, -0.15) is 13.2 Å². The number of hydrogen-bond acceptors (Lipinski definition) is 5. The lowest BCUT2D eigenvalue weighted by molar-refractivity contribution is -0.385. The molecule has 0 radical (unpaired) electrons. The first-order valence-electron chi connectivity index (χ1n) is 8.28. The van der Waals surface area contributed by atoms with E-state index in [1.54, 1.807) is 24.3 Å². The number of benzene rings is 2. The molecule has 2 aromatic carbocycles. The number of esters is 1. The number of rotatable bonds is 6. The second-order valence-corrected chi connectivity index (χ2v) is 6.86. The molecule has 0 heterocycles. The minimum Gasteiger partial charge on any atom is -0.449 e. The lowest BCUT2D eigenvalue weighted by Crippen LogP contribution is -2.30. The summed E-state index contributed by atoms with van der Waals surface area (Å²) in [5.74, 6) is -1.91. The zero-order valence-corrected chi connectivity index (χ0v) is 16.9. The van der Waals surface area contributed by atoms with Crippen LogP contribution in [0, 0.1) is 10.1 Å². The molecule has 2 rings (SSSR count). The lowest BCUT2D eigenvalue weighted by atomic mass is 10.1. The maximum Gasteiger partial charge on any atom is 0.418 e. The van der Waals surface area contributed by atoms with E-state index < -0.39 is 46.0 Å². The molecule has 11 heteroatoms. The van der Waals surface area contributed by atoms with Crippen molar-refractivity contribution in [1.82, 2.24) is 0 Å². The van der Waals surface area contributed by atoms with Gasteiger partial charge in [0, 0.05) is 22.7 Å². The summed E-state index contributed by atoms with van der Waals surface area (Å²) in [5.41, 5.74) is -2.18. The Labute approximate surface area is 176 Å². The smallest absolute Gasteiger partial charge is 0.418 e. The van der Waals surface area contributed by atoms with Gasteiger partial charge in [0.05, 0.1) is 16.2 Å². The largest absolute Gasteiger partial charge is 0.449 e. The number of nitrogens with one attached hydrogen (secondary N) is 1. The number of carbonyl (C=O) groups excluding carboxylic acids is 2. The number of nitrogens with zero attached hydrogens (tertiary/aromatic N) is 1. The molecule has 30 heavy (non-hydrogen) atoms. The van der Waals surface area contributed by atoms with Crippen LogP contribution in [-0.2, 0) is 20.5 Å². The maximum atomic E-state index is 13.2. The minimum atomic E-state index is -4.94. The number of anilines is 1. The standard InChI is InChI=1S/C19H14BrF3N2O5/c1-11(30-17(26)8-5-12-3-2-4-13(20)9-12)18(27)24-16-7-6-14(25(28)29)10-15(16)19(21,22)23/h2-11H,1H3,(H,24,27)/b8-5+. The van der Waals surface area contributed by atoms with Crippen molar-refractivity contribution < 1.29 is 32.4 Å². The molecule has 1 atom stereocenters. The molecular weight excluding hydrogens is 473 g/mol. The molecule has 2 aromatic rings. The van der Waals surface area contributed by atoms with Crippen LogP contribution >= 0.6 is 15.9 Å². The topological polar surface area (TPSA) is 98.5 Å². The molecule has 0 aliphatic rings. The van der Waals surface area contributed by atoms with Crippen LogP contribution in [0.15, 0.2) is 53.0 Å². The second-order valence-electron chi connectivity index (χ2n) is 5.94. The van der Waals surface area contributed by atoms with E-state index >= 15 is 0 Å². The number of ether oxygens (including phenoxy) is 1. The predicted molar refractivity (Wildman–Crippen MR) is 105 cm³/mol. The normalized spacial score (nSPS) is 12.4. The van der Waals surface area contributed by atoms with Crippen LogP contribution in [-0.4, -0.2) is 22.9 Å². The van der Waals surface area contributed by atoms with Gasteiger partial charge in [0.25, 0.3) is 11.6 Å². The summed E-state index contributed by atoms with van der Waals surface area (Å²) >= 11 is 3.27. The SMILES string of the molecule is CC(OC(=O)/C=C/c1cccc(Br)c1)C(=O)Nc1ccc([N+](=O)[O-])cc1C(F)(F)F. The fraction of sp³-hybridized carbons (Fsp3) is 0.158. The fourth-order valence-electron chi connectivity index (χ4n) is 2.27. The van der Waals surface area contributed by atoms with E-state index in [0.717, 1.165) is 22.7 Å². The summed E-state index contributed by atoms with van der Waals surface area (Å²) in [4.78, 5) is 33.7. The molecule has 0 saturated carbocycles.